The van der Waals surface area contributed by atoms with Gasteiger partial charge in [0.15, 0.2) is 5.56 Å². The molecule has 22 heavy (non-hydrogen) atoms. The second-order valence-corrected chi connectivity index (χ2v) is 6.99. The lowest BCUT2D eigenvalue weighted by atomic mass is 10.1. The summed E-state index contributed by atoms with van der Waals surface area (Å²) >= 11 is 16.2. The van der Waals surface area contributed by atoms with E-state index in [4.69, 9.17) is 32.7 Å². The van der Waals surface area contributed by atoms with E-state index in [1.165, 1.54) is 0 Å². The maximum atomic E-state index is 6.45. The molecule has 2 rings (SSSR count). The molecular weight excluding hydrogens is 387 g/mol. The fraction of sp³-hybridized carbons (Fsp3) is 0.412. The monoisotopic (exact) mass is 404 g/mol. The predicted molar refractivity (Wildman–Crippen MR) is 98.0 cm³/mol. The zero-order valence-corrected chi connectivity index (χ0v) is 15.7. The van der Waals surface area contributed by atoms with Gasteiger partial charge in [0.2, 0.25) is 0 Å². The molecule has 0 bridgehead atoms. The van der Waals surface area contributed by atoms with E-state index in [0.717, 1.165) is 29.4 Å². The van der Waals surface area contributed by atoms with Crippen molar-refractivity contribution in [2.45, 2.75) is 37.1 Å². The van der Waals surface area contributed by atoms with Crippen LogP contribution in [-0.4, -0.2) is 17.0 Å². The summed E-state index contributed by atoms with van der Waals surface area (Å²) in [5.74, 6) is 1.44. The molecule has 0 heterocycles. The highest BCUT2D eigenvalue weighted by molar-refractivity contribution is 9.09. The Kier molecular flexibility index (Phi) is 6.66. The fourth-order valence-corrected chi connectivity index (χ4v) is 2.69. The summed E-state index contributed by atoms with van der Waals surface area (Å²) in [6.45, 7) is 4.83. The van der Waals surface area contributed by atoms with Gasteiger partial charge in [0.25, 0.3) is 0 Å². The minimum Gasteiger partial charge on any atom is -0.494 e. The molecule has 2 aromatic carbocycles. The van der Waals surface area contributed by atoms with E-state index in [2.05, 4.69) is 22.9 Å². The van der Waals surface area contributed by atoms with E-state index in [0.29, 0.717) is 17.4 Å². The summed E-state index contributed by atoms with van der Waals surface area (Å²) in [7, 11) is 0. The number of alkyl halides is 2. The molecule has 0 aliphatic rings. The first-order valence-electron chi connectivity index (χ1n) is 7.36. The number of hydrogen-bond donors (Lipinski definition) is 0. The van der Waals surface area contributed by atoms with Crippen LogP contribution in [0.3, 0.4) is 0 Å². The van der Waals surface area contributed by atoms with Gasteiger partial charge in [-0.15, -0.1) is 0 Å². The number of rotatable bonds is 7. The van der Waals surface area contributed by atoms with Crippen molar-refractivity contribution in [3.63, 3.8) is 0 Å². The van der Waals surface area contributed by atoms with Gasteiger partial charge in [-0.05, 0) is 42.5 Å². The van der Waals surface area contributed by atoms with E-state index < -0.39 is 5.56 Å². The molecule has 0 aromatic heterocycles. The molecule has 0 radical (unpaired) electrons. The maximum absolute atomic E-state index is 6.45. The minimum absolute atomic E-state index is 0.0748. The number of ether oxygens (including phenoxy) is 2. The minimum atomic E-state index is -0.466. The van der Waals surface area contributed by atoms with Crippen LogP contribution in [0.1, 0.15) is 26.7 Å². The summed E-state index contributed by atoms with van der Waals surface area (Å²) in [5, 5.41) is 2.51. The highest BCUT2D eigenvalue weighted by Crippen LogP contribution is 2.36. The van der Waals surface area contributed by atoms with Crippen LogP contribution in [0, 0.1) is 0 Å². The number of hydrogen-bond acceptors (Lipinski definition) is 2. The van der Waals surface area contributed by atoms with Crippen LogP contribution in [-0.2, 0) is 0 Å². The molecule has 0 spiro atoms. The van der Waals surface area contributed by atoms with Gasteiger partial charge >= 0.3 is 0 Å². The second-order valence-electron chi connectivity index (χ2n) is 5.00. The van der Waals surface area contributed by atoms with Gasteiger partial charge in [0.05, 0.1) is 16.5 Å². The van der Waals surface area contributed by atoms with E-state index in [9.17, 15) is 0 Å². The number of benzene rings is 2. The van der Waals surface area contributed by atoms with E-state index in [-0.39, 0.29) is 4.83 Å². The van der Waals surface area contributed by atoms with Gasteiger partial charge < -0.3 is 9.47 Å². The lowest BCUT2D eigenvalue weighted by molar-refractivity contribution is 0.277. The normalized spacial score (nSPS) is 13.9. The standard InChI is InChI=1S/C17H19BrCl2O2/c1-3-9-21-12-6-7-13-11(10-12)5-8-15(16(13)19)22-17(20)14(18)4-2/h5-8,10,14,17H,3-4,9H2,1-2H3. The molecule has 0 aliphatic carbocycles. The molecule has 0 saturated carbocycles. The average Bonchev–Trinajstić information content (AvgIpc) is 2.54. The first-order chi connectivity index (χ1) is 10.6. The smallest absolute Gasteiger partial charge is 0.184 e. The molecule has 2 aromatic rings. The van der Waals surface area contributed by atoms with Crippen molar-refractivity contribution in [1.82, 2.24) is 0 Å². The van der Waals surface area contributed by atoms with E-state index in [1.807, 2.05) is 37.3 Å². The van der Waals surface area contributed by atoms with Gasteiger partial charge in [0.1, 0.15) is 11.5 Å². The Balaban J connectivity index is 2.26. The topological polar surface area (TPSA) is 18.5 Å². The maximum Gasteiger partial charge on any atom is 0.184 e. The third kappa shape index (κ3) is 4.21. The summed E-state index contributed by atoms with van der Waals surface area (Å²) in [6, 6.07) is 9.67. The fourth-order valence-electron chi connectivity index (χ4n) is 2.03. The number of halogens is 3. The van der Waals surface area contributed by atoms with Gasteiger partial charge in [-0.1, -0.05) is 59.0 Å². The van der Waals surface area contributed by atoms with E-state index >= 15 is 0 Å². The SMILES string of the molecule is CCCOc1ccc2c(Cl)c(OC(Cl)C(Br)CC)ccc2c1. The van der Waals surface area contributed by atoms with Crippen molar-refractivity contribution >= 4 is 49.9 Å². The number of fused-ring (bicyclic) bond motifs is 1. The Labute approximate surface area is 149 Å². The molecule has 0 amide bonds. The van der Waals surface area contributed by atoms with Crippen LogP contribution < -0.4 is 9.47 Å². The van der Waals surface area contributed by atoms with Gasteiger partial charge in [0, 0.05) is 5.39 Å². The third-order valence-corrected chi connectivity index (χ3v) is 5.49. The Bertz CT molecular complexity index is 633. The zero-order valence-electron chi connectivity index (χ0n) is 12.6. The summed E-state index contributed by atoms with van der Waals surface area (Å²) in [5.41, 5.74) is -0.466. The Morgan fingerprint density at radius 2 is 1.95 bits per heavy atom. The molecule has 0 aliphatic heterocycles. The van der Waals surface area contributed by atoms with Crippen molar-refractivity contribution in [3.8, 4) is 11.5 Å². The van der Waals surface area contributed by atoms with Gasteiger partial charge in [-0.3, -0.25) is 0 Å². The summed E-state index contributed by atoms with van der Waals surface area (Å²) in [4.78, 5) is 0.0748. The molecule has 0 fully saturated rings. The first kappa shape index (κ1) is 17.7. The largest absolute Gasteiger partial charge is 0.494 e. The molecule has 120 valence electrons. The second kappa shape index (κ2) is 8.28. The van der Waals surface area contributed by atoms with Crippen molar-refractivity contribution < 1.29 is 9.47 Å². The van der Waals surface area contributed by atoms with Crippen LogP contribution in [0.5, 0.6) is 11.5 Å². The van der Waals surface area contributed by atoms with Gasteiger partial charge in [-0.2, -0.15) is 0 Å². The van der Waals surface area contributed by atoms with Crippen molar-refractivity contribution in [2.24, 2.45) is 0 Å². The quantitative estimate of drug-likeness (QED) is 0.496. The Hall–Kier alpha value is -0.640. The lowest BCUT2D eigenvalue weighted by Crippen LogP contribution is -2.20. The highest BCUT2D eigenvalue weighted by atomic mass is 79.9. The molecule has 0 N–H and O–H groups in total. The van der Waals surface area contributed by atoms with Crippen LogP contribution >= 0.6 is 39.1 Å². The predicted octanol–water partition coefficient (Wildman–Crippen LogP) is 6.40. The summed E-state index contributed by atoms with van der Waals surface area (Å²) in [6.07, 6.45) is 1.85. The van der Waals surface area contributed by atoms with E-state index in [1.54, 1.807) is 0 Å². The highest BCUT2D eigenvalue weighted by Gasteiger charge is 2.18. The molecule has 5 heteroatoms. The van der Waals surface area contributed by atoms with Crippen molar-refractivity contribution in [3.05, 3.63) is 35.4 Å². The zero-order chi connectivity index (χ0) is 16.1. The van der Waals surface area contributed by atoms with Crippen LogP contribution in [0.4, 0.5) is 0 Å². The summed E-state index contributed by atoms with van der Waals surface area (Å²) < 4.78 is 11.4. The average molecular weight is 406 g/mol. The lowest BCUT2D eigenvalue weighted by Gasteiger charge is -2.18. The molecule has 2 unspecified atom stereocenters. The Morgan fingerprint density at radius 3 is 2.64 bits per heavy atom. The van der Waals surface area contributed by atoms with Crippen molar-refractivity contribution in [1.29, 1.82) is 0 Å². The molecule has 2 atom stereocenters. The van der Waals surface area contributed by atoms with Crippen LogP contribution in [0.2, 0.25) is 5.02 Å². The first-order valence-corrected chi connectivity index (χ1v) is 9.09. The van der Waals surface area contributed by atoms with Crippen LogP contribution in [0.25, 0.3) is 10.8 Å². The Morgan fingerprint density at radius 1 is 1.18 bits per heavy atom. The molecular formula is C17H19BrCl2O2. The van der Waals surface area contributed by atoms with Gasteiger partial charge in [-0.25, -0.2) is 0 Å². The van der Waals surface area contributed by atoms with Crippen molar-refractivity contribution in [2.75, 3.05) is 6.61 Å². The third-order valence-electron chi connectivity index (χ3n) is 3.28. The molecule has 2 nitrogen and oxygen atoms in total. The molecule has 0 saturated heterocycles. The van der Waals surface area contributed by atoms with Crippen LogP contribution in [0.15, 0.2) is 30.3 Å².